The Hall–Kier alpha value is -2.41. The minimum absolute atomic E-state index is 0.0246. The monoisotopic (exact) mass is 305 g/mol. The van der Waals surface area contributed by atoms with Crippen LogP contribution >= 0.6 is 0 Å². The van der Waals surface area contributed by atoms with Gasteiger partial charge in [-0.25, -0.2) is 0 Å². The van der Waals surface area contributed by atoms with Gasteiger partial charge in [-0.1, -0.05) is 31.1 Å². The van der Waals surface area contributed by atoms with E-state index >= 15 is 0 Å². The Bertz CT molecular complexity index is 625. The first-order chi connectivity index (χ1) is 10.6. The van der Waals surface area contributed by atoms with E-state index in [0.717, 1.165) is 5.56 Å². The van der Waals surface area contributed by atoms with Gasteiger partial charge in [-0.05, 0) is 23.6 Å². The molecule has 7 nitrogen and oxygen atoms in total. The maximum absolute atomic E-state index is 11.8. The first-order valence-electron chi connectivity index (χ1n) is 6.92. The van der Waals surface area contributed by atoms with Gasteiger partial charge in [0.25, 0.3) is 5.91 Å². The number of nitrogens with zero attached hydrogens (tertiary/aromatic N) is 2. The van der Waals surface area contributed by atoms with Crippen molar-refractivity contribution in [3.05, 3.63) is 35.7 Å². The summed E-state index contributed by atoms with van der Waals surface area (Å²) in [5.41, 5.74) is 1.15. The third-order valence-corrected chi connectivity index (χ3v) is 2.88. The van der Waals surface area contributed by atoms with Gasteiger partial charge in [0.2, 0.25) is 0 Å². The van der Waals surface area contributed by atoms with Gasteiger partial charge in [-0.2, -0.15) is 4.98 Å². The number of anilines is 1. The molecule has 0 unspecified atom stereocenters. The van der Waals surface area contributed by atoms with E-state index in [-0.39, 0.29) is 25.1 Å². The van der Waals surface area contributed by atoms with Gasteiger partial charge in [-0.3, -0.25) is 10.1 Å². The molecule has 1 aromatic carbocycles. The van der Waals surface area contributed by atoms with E-state index in [1.54, 1.807) is 0 Å². The van der Waals surface area contributed by atoms with Crippen LogP contribution in [0.3, 0.4) is 0 Å². The molecule has 0 radical (unpaired) electrons. The van der Waals surface area contributed by atoms with Crippen molar-refractivity contribution < 1.29 is 18.8 Å². The summed E-state index contributed by atoms with van der Waals surface area (Å²) in [6.45, 7) is 4.28. The largest absolute Gasteiger partial charge is 0.484 e. The van der Waals surface area contributed by atoms with Crippen molar-refractivity contribution in [1.82, 2.24) is 10.1 Å². The highest BCUT2D eigenvalue weighted by molar-refractivity contribution is 5.89. The molecule has 22 heavy (non-hydrogen) atoms. The third-order valence-electron chi connectivity index (χ3n) is 2.88. The standard InChI is InChI=1S/C15H19N3O4/c1-10(2)11-5-4-6-12(7-11)21-9-14(19)17-15-16-13(8-20-3)18-22-15/h4-7,10H,8-9H2,1-3H3,(H,16,17,18,19). The minimum Gasteiger partial charge on any atom is -0.484 e. The molecule has 7 heteroatoms. The van der Waals surface area contributed by atoms with Crippen LogP contribution in [0.25, 0.3) is 0 Å². The van der Waals surface area contributed by atoms with Crippen molar-refractivity contribution in [3.8, 4) is 5.75 Å². The Morgan fingerprint density at radius 3 is 2.95 bits per heavy atom. The molecule has 0 aliphatic rings. The summed E-state index contributed by atoms with van der Waals surface area (Å²) in [4.78, 5) is 15.7. The van der Waals surface area contributed by atoms with Gasteiger partial charge in [0.05, 0.1) is 0 Å². The van der Waals surface area contributed by atoms with Gasteiger partial charge >= 0.3 is 6.01 Å². The molecule has 2 rings (SSSR count). The molecule has 2 aromatic rings. The molecule has 0 fully saturated rings. The summed E-state index contributed by atoms with van der Waals surface area (Å²) < 4.78 is 15.2. The first-order valence-corrected chi connectivity index (χ1v) is 6.92. The molecule has 1 amide bonds. The van der Waals surface area contributed by atoms with Crippen LogP contribution in [-0.4, -0.2) is 29.8 Å². The zero-order valence-electron chi connectivity index (χ0n) is 12.8. The highest BCUT2D eigenvalue weighted by Crippen LogP contribution is 2.20. The van der Waals surface area contributed by atoms with E-state index < -0.39 is 0 Å². The zero-order chi connectivity index (χ0) is 15.9. The number of hydrogen-bond donors (Lipinski definition) is 1. The van der Waals surface area contributed by atoms with E-state index in [1.807, 2.05) is 24.3 Å². The van der Waals surface area contributed by atoms with Gasteiger partial charge in [0.1, 0.15) is 12.4 Å². The number of methoxy groups -OCH3 is 1. The lowest BCUT2D eigenvalue weighted by Gasteiger charge is -2.09. The SMILES string of the molecule is COCc1noc(NC(=O)COc2cccc(C(C)C)c2)n1. The lowest BCUT2D eigenvalue weighted by molar-refractivity contribution is -0.118. The molecule has 0 saturated heterocycles. The minimum atomic E-state index is -0.373. The van der Waals surface area contributed by atoms with Crippen LogP contribution in [0.15, 0.2) is 28.8 Å². The van der Waals surface area contributed by atoms with Gasteiger partial charge < -0.3 is 14.0 Å². The Morgan fingerprint density at radius 1 is 1.41 bits per heavy atom. The number of hydrogen-bond acceptors (Lipinski definition) is 6. The summed E-state index contributed by atoms with van der Waals surface area (Å²) in [6, 6.07) is 7.67. The van der Waals surface area contributed by atoms with Gasteiger partial charge in [0, 0.05) is 7.11 Å². The van der Waals surface area contributed by atoms with Crippen LogP contribution in [0.5, 0.6) is 5.75 Å². The molecule has 1 aromatic heterocycles. The summed E-state index contributed by atoms with van der Waals surface area (Å²) in [5, 5.41) is 6.11. The number of amides is 1. The van der Waals surface area contributed by atoms with Gasteiger partial charge in [-0.15, -0.1) is 0 Å². The zero-order valence-corrected chi connectivity index (χ0v) is 12.8. The third kappa shape index (κ3) is 4.56. The Labute approximate surface area is 128 Å². The number of aromatic nitrogens is 2. The van der Waals surface area contributed by atoms with E-state index in [1.165, 1.54) is 7.11 Å². The highest BCUT2D eigenvalue weighted by atomic mass is 16.5. The molecule has 118 valence electrons. The molecule has 0 spiro atoms. The van der Waals surface area contributed by atoms with Crippen molar-refractivity contribution in [1.29, 1.82) is 0 Å². The smallest absolute Gasteiger partial charge is 0.328 e. The average molecular weight is 305 g/mol. The number of rotatable bonds is 7. The van der Waals surface area contributed by atoms with Crippen molar-refractivity contribution in [2.75, 3.05) is 19.0 Å². The van der Waals surface area contributed by atoms with E-state index in [2.05, 4.69) is 29.3 Å². The predicted octanol–water partition coefficient (Wildman–Crippen LogP) is 2.36. The number of nitrogens with one attached hydrogen (secondary N) is 1. The Kier molecular flexibility index (Phi) is 5.48. The van der Waals surface area contributed by atoms with Crippen LogP contribution in [0.4, 0.5) is 6.01 Å². The number of carbonyl (C=O) groups excluding carboxylic acids is 1. The second-order valence-corrected chi connectivity index (χ2v) is 5.01. The van der Waals surface area contributed by atoms with Crippen molar-refractivity contribution in [2.45, 2.75) is 26.4 Å². The number of benzene rings is 1. The van der Waals surface area contributed by atoms with Crippen molar-refractivity contribution in [3.63, 3.8) is 0 Å². The van der Waals surface area contributed by atoms with E-state index in [0.29, 0.717) is 17.5 Å². The second kappa shape index (κ2) is 7.56. The van der Waals surface area contributed by atoms with Gasteiger partial charge in [0.15, 0.2) is 12.4 Å². The van der Waals surface area contributed by atoms with Crippen LogP contribution < -0.4 is 10.1 Å². The lowest BCUT2D eigenvalue weighted by Crippen LogP contribution is -2.20. The molecule has 1 N–H and O–H groups in total. The summed E-state index contributed by atoms with van der Waals surface area (Å²) in [6.07, 6.45) is 0. The number of ether oxygens (including phenoxy) is 2. The summed E-state index contributed by atoms with van der Waals surface area (Å²) >= 11 is 0. The fourth-order valence-corrected chi connectivity index (χ4v) is 1.76. The lowest BCUT2D eigenvalue weighted by atomic mass is 10.0. The highest BCUT2D eigenvalue weighted by Gasteiger charge is 2.10. The molecular formula is C15H19N3O4. The topological polar surface area (TPSA) is 86.5 Å². The van der Waals surface area contributed by atoms with Crippen LogP contribution in [0.2, 0.25) is 0 Å². The van der Waals surface area contributed by atoms with Crippen LogP contribution in [0.1, 0.15) is 31.2 Å². The maximum Gasteiger partial charge on any atom is 0.328 e. The molecular weight excluding hydrogens is 286 g/mol. The van der Waals surface area contributed by atoms with Crippen LogP contribution in [-0.2, 0) is 16.1 Å². The molecule has 0 saturated carbocycles. The molecule has 0 aliphatic carbocycles. The second-order valence-electron chi connectivity index (χ2n) is 5.01. The van der Waals surface area contributed by atoms with E-state index in [4.69, 9.17) is 14.0 Å². The van der Waals surface area contributed by atoms with E-state index in [9.17, 15) is 4.79 Å². The normalized spacial score (nSPS) is 10.7. The molecule has 0 atom stereocenters. The molecule has 0 bridgehead atoms. The fraction of sp³-hybridized carbons (Fsp3) is 0.400. The predicted molar refractivity (Wildman–Crippen MR) is 79.7 cm³/mol. The van der Waals surface area contributed by atoms with Crippen LogP contribution in [0, 0.1) is 0 Å². The number of carbonyl (C=O) groups is 1. The average Bonchev–Trinajstić information content (AvgIpc) is 2.93. The molecule has 0 aliphatic heterocycles. The Balaban J connectivity index is 1.85. The van der Waals surface area contributed by atoms with Crippen molar-refractivity contribution in [2.24, 2.45) is 0 Å². The summed E-state index contributed by atoms with van der Waals surface area (Å²) in [5.74, 6) is 1.04. The fourth-order valence-electron chi connectivity index (χ4n) is 1.76. The first kappa shape index (κ1) is 16.0. The van der Waals surface area contributed by atoms with Crippen molar-refractivity contribution >= 4 is 11.9 Å². The molecule has 1 heterocycles. The summed E-state index contributed by atoms with van der Waals surface area (Å²) in [7, 11) is 1.52. The maximum atomic E-state index is 11.8. The Morgan fingerprint density at radius 2 is 2.23 bits per heavy atom. The quantitative estimate of drug-likeness (QED) is 0.845.